The fourth-order valence-electron chi connectivity index (χ4n) is 1.57. The van der Waals surface area contributed by atoms with Gasteiger partial charge < -0.3 is 14.6 Å². The van der Waals surface area contributed by atoms with E-state index < -0.39 is 17.5 Å². The van der Waals surface area contributed by atoms with E-state index in [0.29, 0.717) is 11.1 Å². The molecular formula is C10H13BrO4. The van der Waals surface area contributed by atoms with Gasteiger partial charge >= 0.3 is 5.97 Å². The molecule has 0 saturated carbocycles. The van der Waals surface area contributed by atoms with Crippen LogP contribution in [0.15, 0.2) is 21.2 Å². The molecule has 2 N–H and O–H groups in total. The van der Waals surface area contributed by atoms with Crippen molar-refractivity contribution in [1.82, 2.24) is 0 Å². The third-order valence-electron chi connectivity index (χ3n) is 2.46. The third-order valence-corrected chi connectivity index (χ3v) is 2.88. The van der Waals surface area contributed by atoms with Gasteiger partial charge in [0.2, 0.25) is 0 Å². The Morgan fingerprint density at radius 2 is 2.27 bits per heavy atom. The van der Waals surface area contributed by atoms with Crippen LogP contribution in [0.2, 0.25) is 0 Å². The van der Waals surface area contributed by atoms with Gasteiger partial charge in [0, 0.05) is 0 Å². The largest absolute Gasteiger partial charge is 0.481 e. The summed E-state index contributed by atoms with van der Waals surface area (Å²) < 4.78 is 5.65. The maximum Gasteiger partial charge on any atom is 0.309 e. The number of hydrogen-bond donors (Lipinski definition) is 2. The Bertz CT molecular complexity index is 356. The van der Waals surface area contributed by atoms with Crippen molar-refractivity contribution in [2.75, 3.05) is 0 Å². The van der Waals surface area contributed by atoms with Crippen molar-refractivity contribution < 1.29 is 19.4 Å². The molecule has 2 unspecified atom stereocenters. The maximum atomic E-state index is 10.9. The fourth-order valence-corrected chi connectivity index (χ4v) is 1.88. The highest BCUT2D eigenvalue weighted by molar-refractivity contribution is 9.10. The van der Waals surface area contributed by atoms with Gasteiger partial charge in [-0.25, -0.2) is 0 Å². The summed E-state index contributed by atoms with van der Waals surface area (Å²) in [5, 5.41) is 19.1. The molecule has 0 fully saturated rings. The number of rotatable bonds is 4. The Kier molecular flexibility index (Phi) is 3.57. The zero-order valence-corrected chi connectivity index (χ0v) is 10.1. The number of carboxylic acid groups (broad SMARTS) is 1. The second kappa shape index (κ2) is 4.37. The van der Waals surface area contributed by atoms with Crippen molar-refractivity contribution in [3.63, 3.8) is 0 Å². The van der Waals surface area contributed by atoms with E-state index in [1.165, 1.54) is 6.92 Å². The van der Waals surface area contributed by atoms with Crippen molar-refractivity contribution >= 4 is 21.9 Å². The van der Waals surface area contributed by atoms with Gasteiger partial charge in [0.25, 0.3) is 0 Å². The molecule has 0 radical (unpaired) electrons. The van der Waals surface area contributed by atoms with E-state index in [1.807, 2.05) is 0 Å². The van der Waals surface area contributed by atoms with Crippen molar-refractivity contribution in [2.24, 2.45) is 5.92 Å². The number of carbonyl (C=O) groups is 1. The zero-order chi connectivity index (χ0) is 11.6. The predicted octanol–water partition coefficient (Wildman–Crippen LogP) is 2.36. The summed E-state index contributed by atoms with van der Waals surface area (Å²) in [5.41, 5.74) is -1.49. The van der Waals surface area contributed by atoms with E-state index in [-0.39, 0.29) is 5.76 Å². The molecule has 5 heteroatoms. The van der Waals surface area contributed by atoms with Crippen molar-refractivity contribution in [2.45, 2.75) is 25.9 Å². The van der Waals surface area contributed by atoms with E-state index in [0.717, 1.165) is 0 Å². The summed E-state index contributed by atoms with van der Waals surface area (Å²) >= 11 is 3.11. The molecule has 2 atom stereocenters. The van der Waals surface area contributed by atoms with Gasteiger partial charge in [-0.1, -0.05) is 6.92 Å². The Hall–Kier alpha value is -0.810. The van der Waals surface area contributed by atoms with Crippen LogP contribution in [-0.2, 0) is 10.4 Å². The first-order valence-electron chi connectivity index (χ1n) is 4.60. The Morgan fingerprint density at radius 3 is 2.60 bits per heavy atom. The minimum Gasteiger partial charge on any atom is -0.481 e. The second-order valence-corrected chi connectivity index (χ2v) is 4.33. The van der Waals surface area contributed by atoms with Crippen molar-refractivity contribution in [3.05, 3.63) is 22.6 Å². The first kappa shape index (κ1) is 12.3. The number of aliphatic hydroxyl groups is 1. The molecule has 0 bridgehead atoms. The van der Waals surface area contributed by atoms with Gasteiger partial charge in [-0.05, 0) is 41.4 Å². The molecule has 0 aromatic carbocycles. The Morgan fingerprint density at radius 1 is 1.67 bits per heavy atom. The lowest BCUT2D eigenvalue weighted by Gasteiger charge is -2.26. The summed E-state index contributed by atoms with van der Waals surface area (Å²) in [5.74, 6) is -1.66. The molecular weight excluding hydrogens is 264 g/mol. The maximum absolute atomic E-state index is 10.9. The normalized spacial score (nSPS) is 17.1. The van der Waals surface area contributed by atoms with Crippen LogP contribution in [0.3, 0.4) is 0 Å². The highest BCUT2D eigenvalue weighted by Crippen LogP contribution is 2.33. The Balaban J connectivity index is 3.04. The average molecular weight is 277 g/mol. The van der Waals surface area contributed by atoms with Crippen LogP contribution in [0.1, 0.15) is 26.0 Å². The molecule has 1 aromatic rings. The number of carboxylic acids is 1. The fraction of sp³-hybridized carbons (Fsp3) is 0.500. The van der Waals surface area contributed by atoms with Gasteiger partial charge in [0.1, 0.15) is 11.4 Å². The molecule has 1 rings (SSSR count). The zero-order valence-electron chi connectivity index (χ0n) is 8.53. The van der Waals surface area contributed by atoms with Crippen LogP contribution in [0.5, 0.6) is 0 Å². The summed E-state index contributed by atoms with van der Waals surface area (Å²) in [4.78, 5) is 10.9. The van der Waals surface area contributed by atoms with Crippen molar-refractivity contribution in [1.29, 1.82) is 0 Å². The number of furan rings is 1. The van der Waals surface area contributed by atoms with E-state index >= 15 is 0 Å². The standard InChI is InChI=1S/C10H13BrO4/c1-3-6(9(12)13)10(2,14)7-4-5-8(11)15-7/h4-6,14H,3H2,1-2H3,(H,12,13). The molecule has 84 valence electrons. The van der Waals surface area contributed by atoms with Crippen LogP contribution >= 0.6 is 15.9 Å². The molecule has 1 heterocycles. The lowest BCUT2D eigenvalue weighted by molar-refractivity contribution is -0.153. The summed E-state index contributed by atoms with van der Waals surface area (Å²) in [6.07, 6.45) is 0.334. The molecule has 0 amide bonds. The predicted molar refractivity (Wildman–Crippen MR) is 57.4 cm³/mol. The SMILES string of the molecule is CCC(C(=O)O)C(C)(O)c1ccc(Br)o1. The number of aliphatic carboxylic acids is 1. The molecule has 15 heavy (non-hydrogen) atoms. The number of halogens is 1. The van der Waals surface area contributed by atoms with Gasteiger partial charge in [-0.3, -0.25) is 4.79 Å². The number of hydrogen-bond acceptors (Lipinski definition) is 3. The smallest absolute Gasteiger partial charge is 0.309 e. The molecule has 0 aliphatic rings. The molecule has 0 aliphatic carbocycles. The van der Waals surface area contributed by atoms with Crippen LogP contribution in [0.25, 0.3) is 0 Å². The summed E-state index contributed by atoms with van der Waals surface area (Å²) in [7, 11) is 0. The first-order valence-corrected chi connectivity index (χ1v) is 5.39. The van der Waals surface area contributed by atoms with Gasteiger partial charge in [0.05, 0.1) is 5.92 Å². The monoisotopic (exact) mass is 276 g/mol. The highest BCUT2D eigenvalue weighted by Gasteiger charge is 2.40. The van der Waals surface area contributed by atoms with E-state index in [2.05, 4.69) is 15.9 Å². The van der Waals surface area contributed by atoms with Gasteiger partial charge in [-0.2, -0.15) is 0 Å². The lowest BCUT2D eigenvalue weighted by Crippen LogP contribution is -2.36. The topological polar surface area (TPSA) is 70.7 Å². The molecule has 4 nitrogen and oxygen atoms in total. The van der Waals surface area contributed by atoms with Crippen LogP contribution in [-0.4, -0.2) is 16.2 Å². The van der Waals surface area contributed by atoms with E-state index in [4.69, 9.17) is 9.52 Å². The molecule has 0 spiro atoms. The van der Waals surface area contributed by atoms with Crippen molar-refractivity contribution in [3.8, 4) is 0 Å². The van der Waals surface area contributed by atoms with E-state index in [1.54, 1.807) is 19.1 Å². The molecule has 1 aromatic heterocycles. The van der Waals surface area contributed by atoms with Crippen LogP contribution < -0.4 is 0 Å². The third kappa shape index (κ3) is 2.41. The minimum atomic E-state index is -1.49. The average Bonchev–Trinajstić information content (AvgIpc) is 2.52. The highest BCUT2D eigenvalue weighted by atomic mass is 79.9. The van der Waals surface area contributed by atoms with Gasteiger partial charge in [-0.15, -0.1) is 0 Å². The Labute approximate surface area is 96.0 Å². The minimum absolute atomic E-state index is 0.253. The molecule has 0 aliphatic heterocycles. The lowest BCUT2D eigenvalue weighted by atomic mass is 9.85. The molecule has 0 saturated heterocycles. The van der Waals surface area contributed by atoms with E-state index in [9.17, 15) is 9.90 Å². The first-order chi connectivity index (χ1) is 6.89. The summed E-state index contributed by atoms with van der Waals surface area (Å²) in [6.45, 7) is 3.16. The van der Waals surface area contributed by atoms with Crippen LogP contribution in [0, 0.1) is 5.92 Å². The summed E-state index contributed by atoms with van der Waals surface area (Å²) in [6, 6.07) is 3.19. The quantitative estimate of drug-likeness (QED) is 0.886. The van der Waals surface area contributed by atoms with Gasteiger partial charge in [0.15, 0.2) is 4.67 Å². The second-order valence-electron chi connectivity index (χ2n) is 3.55. The van der Waals surface area contributed by atoms with Crippen LogP contribution in [0.4, 0.5) is 0 Å².